The molecule has 0 radical (unpaired) electrons. The summed E-state index contributed by atoms with van der Waals surface area (Å²) < 4.78 is 5.24. The highest BCUT2D eigenvalue weighted by atomic mass is 16.6. The summed E-state index contributed by atoms with van der Waals surface area (Å²) in [5.74, 6) is 0. The zero-order chi connectivity index (χ0) is 14.7. The fourth-order valence-electron chi connectivity index (χ4n) is 2.59. The molecule has 3 nitrogen and oxygen atoms in total. The van der Waals surface area contributed by atoms with Gasteiger partial charge in [0.2, 0.25) is 0 Å². The molecule has 2 aromatic carbocycles. The summed E-state index contributed by atoms with van der Waals surface area (Å²) in [6.07, 6.45) is 3.78. The van der Waals surface area contributed by atoms with E-state index in [0.717, 1.165) is 16.8 Å². The van der Waals surface area contributed by atoms with E-state index in [1.54, 1.807) is 4.90 Å². The van der Waals surface area contributed by atoms with Gasteiger partial charge in [-0.2, -0.15) is 0 Å². The first-order valence-electron chi connectivity index (χ1n) is 7.09. The van der Waals surface area contributed by atoms with Gasteiger partial charge in [0.1, 0.15) is 0 Å². The molecular weight excluding hydrogens is 262 g/mol. The molecule has 0 fully saturated rings. The Labute approximate surface area is 124 Å². The molecule has 3 heteroatoms. The third-order valence-electron chi connectivity index (χ3n) is 3.54. The summed E-state index contributed by atoms with van der Waals surface area (Å²) >= 11 is 0. The molecule has 0 aliphatic carbocycles. The number of fused-ring (bicyclic) bond motifs is 1. The number of benzene rings is 2. The molecule has 0 aromatic heterocycles. The molecule has 1 atom stereocenters. The van der Waals surface area contributed by atoms with Crippen molar-refractivity contribution in [3.63, 3.8) is 0 Å². The zero-order valence-electron chi connectivity index (χ0n) is 11.9. The summed E-state index contributed by atoms with van der Waals surface area (Å²) in [4.78, 5) is 14.1. The Morgan fingerprint density at radius 1 is 1.10 bits per heavy atom. The molecule has 1 amide bonds. The van der Waals surface area contributed by atoms with Gasteiger partial charge < -0.3 is 4.74 Å². The predicted octanol–water partition coefficient (Wildman–Crippen LogP) is 4.42. The van der Waals surface area contributed by atoms with Crippen LogP contribution >= 0.6 is 0 Å². The smallest absolute Gasteiger partial charge is 0.415 e. The van der Waals surface area contributed by atoms with Crippen molar-refractivity contribution in [2.24, 2.45) is 0 Å². The Kier molecular flexibility index (Phi) is 3.73. The van der Waals surface area contributed by atoms with Crippen molar-refractivity contribution in [3.8, 4) is 0 Å². The fraction of sp³-hybridized carbons (Fsp3) is 0.167. The van der Waals surface area contributed by atoms with Crippen LogP contribution < -0.4 is 4.90 Å². The summed E-state index contributed by atoms with van der Waals surface area (Å²) in [7, 11) is 0. The quantitative estimate of drug-likeness (QED) is 0.814. The minimum atomic E-state index is -0.317. The number of nitrogens with zero attached hydrogens (tertiary/aromatic N) is 1. The summed E-state index contributed by atoms with van der Waals surface area (Å²) in [6, 6.07) is 17.7. The summed E-state index contributed by atoms with van der Waals surface area (Å²) in [6.45, 7) is 2.18. The van der Waals surface area contributed by atoms with Gasteiger partial charge in [0.25, 0.3) is 0 Å². The van der Waals surface area contributed by atoms with Crippen molar-refractivity contribution < 1.29 is 9.53 Å². The van der Waals surface area contributed by atoms with Crippen LogP contribution in [0.4, 0.5) is 10.5 Å². The maximum absolute atomic E-state index is 12.4. The minimum absolute atomic E-state index is 0.139. The molecule has 21 heavy (non-hydrogen) atoms. The van der Waals surface area contributed by atoms with Crippen LogP contribution in [0.3, 0.4) is 0 Å². The van der Waals surface area contributed by atoms with Crippen LogP contribution in [0.15, 0.2) is 60.7 Å². The van der Waals surface area contributed by atoms with Crippen molar-refractivity contribution in [1.82, 2.24) is 0 Å². The van der Waals surface area contributed by atoms with Gasteiger partial charge in [-0.3, -0.25) is 4.90 Å². The number of carbonyl (C=O) groups excluding carboxylic acids is 1. The lowest BCUT2D eigenvalue weighted by atomic mass is 9.98. The van der Waals surface area contributed by atoms with Crippen molar-refractivity contribution in [1.29, 1.82) is 0 Å². The van der Waals surface area contributed by atoms with Gasteiger partial charge in [0, 0.05) is 0 Å². The lowest BCUT2D eigenvalue weighted by molar-refractivity contribution is 0.158. The van der Waals surface area contributed by atoms with Crippen LogP contribution in [0, 0.1) is 0 Å². The lowest BCUT2D eigenvalue weighted by Gasteiger charge is -2.33. The van der Waals surface area contributed by atoms with E-state index in [0.29, 0.717) is 6.61 Å². The van der Waals surface area contributed by atoms with E-state index in [1.807, 2.05) is 67.6 Å². The number of para-hydroxylation sites is 1. The molecule has 0 saturated heterocycles. The first-order valence-corrected chi connectivity index (χ1v) is 7.09. The van der Waals surface area contributed by atoms with Gasteiger partial charge in [-0.15, -0.1) is 0 Å². The molecule has 0 unspecified atom stereocenters. The van der Waals surface area contributed by atoms with Crippen molar-refractivity contribution in [3.05, 3.63) is 71.8 Å². The van der Waals surface area contributed by atoms with E-state index in [4.69, 9.17) is 4.74 Å². The highest BCUT2D eigenvalue weighted by Gasteiger charge is 2.29. The first-order chi connectivity index (χ1) is 10.3. The minimum Gasteiger partial charge on any atom is -0.449 e. The third kappa shape index (κ3) is 2.55. The van der Waals surface area contributed by atoms with E-state index in [-0.39, 0.29) is 12.1 Å². The largest absolute Gasteiger partial charge is 0.449 e. The monoisotopic (exact) mass is 279 g/mol. The Morgan fingerprint density at radius 2 is 1.81 bits per heavy atom. The third-order valence-corrected chi connectivity index (χ3v) is 3.54. The van der Waals surface area contributed by atoms with Gasteiger partial charge >= 0.3 is 6.09 Å². The Balaban J connectivity index is 2.06. The van der Waals surface area contributed by atoms with Gasteiger partial charge in [0.05, 0.1) is 18.3 Å². The van der Waals surface area contributed by atoms with Crippen LogP contribution in [0.1, 0.15) is 24.1 Å². The number of hydrogen-bond donors (Lipinski definition) is 0. The van der Waals surface area contributed by atoms with Gasteiger partial charge in [-0.25, -0.2) is 4.79 Å². The highest BCUT2D eigenvalue weighted by molar-refractivity contribution is 5.93. The molecule has 1 heterocycles. The molecule has 0 bridgehead atoms. The molecule has 1 aliphatic heterocycles. The van der Waals surface area contributed by atoms with Crippen molar-refractivity contribution in [2.75, 3.05) is 11.5 Å². The topological polar surface area (TPSA) is 29.5 Å². The zero-order valence-corrected chi connectivity index (χ0v) is 11.9. The number of rotatable bonds is 2. The normalized spacial score (nSPS) is 16.4. The average Bonchev–Trinajstić information content (AvgIpc) is 2.54. The maximum atomic E-state index is 12.4. The molecule has 3 rings (SSSR count). The number of ether oxygens (including phenoxy) is 1. The summed E-state index contributed by atoms with van der Waals surface area (Å²) in [5, 5.41) is 0. The van der Waals surface area contributed by atoms with E-state index in [2.05, 4.69) is 6.08 Å². The number of amides is 1. The van der Waals surface area contributed by atoms with Crippen LogP contribution in [0.2, 0.25) is 0 Å². The van der Waals surface area contributed by atoms with Crippen LogP contribution in [-0.4, -0.2) is 12.7 Å². The highest BCUT2D eigenvalue weighted by Crippen LogP contribution is 2.36. The van der Waals surface area contributed by atoms with E-state index >= 15 is 0 Å². The molecule has 1 aliphatic rings. The SMILES string of the molecule is CCOC(=O)N1c2ccccc2C=C[C@@H]1c1ccccc1. The Hall–Kier alpha value is -2.55. The Morgan fingerprint density at radius 3 is 2.57 bits per heavy atom. The molecule has 0 spiro atoms. The molecule has 0 N–H and O–H groups in total. The van der Waals surface area contributed by atoms with Crippen LogP contribution in [-0.2, 0) is 4.74 Å². The lowest BCUT2D eigenvalue weighted by Crippen LogP contribution is -2.36. The standard InChI is InChI=1S/C18H17NO2/c1-2-21-18(20)19-16-11-7-6-10-15(16)12-13-17(19)14-8-4-3-5-9-14/h3-13,17H,2H2,1H3/t17-/m1/s1. The summed E-state index contributed by atoms with van der Waals surface area (Å²) in [5.41, 5.74) is 2.97. The van der Waals surface area contributed by atoms with Crippen molar-refractivity contribution >= 4 is 17.9 Å². The molecule has 106 valence electrons. The fourth-order valence-corrected chi connectivity index (χ4v) is 2.59. The predicted molar refractivity (Wildman–Crippen MR) is 84.2 cm³/mol. The van der Waals surface area contributed by atoms with Gasteiger partial charge in [-0.05, 0) is 24.1 Å². The first kappa shape index (κ1) is 13.4. The molecule has 2 aromatic rings. The van der Waals surface area contributed by atoms with E-state index < -0.39 is 0 Å². The maximum Gasteiger partial charge on any atom is 0.415 e. The molecular formula is C18H17NO2. The van der Waals surface area contributed by atoms with Crippen molar-refractivity contribution in [2.45, 2.75) is 13.0 Å². The van der Waals surface area contributed by atoms with Gasteiger partial charge in [0.15, 0.2) is 0 Å². The number of carbonyl (C=O) groups is 1. The second kappa shape index (κ2) is 5.83. The second-order valence-electron chi connectivity index (χ2n) is 4.84. The second-order valence-corrected chi connectivity index (χ2v) is 4.84. The van der Waals surface area contributed by atoms with Crippen LogP contribution in [0.25, 0.3) is 6.08 Å². The number of anilines is 1. The number of hydrogen-bond acceptors (Lipinski definition) is 2. The Bertz CT molecular complexity index is 664. The van der Waals surface area contributed by atoms with E-state index in [9.17, 15) is 4.79 Å². The van der Waals surface area contributed by atoms with E-state index in [1.165, 1.54) is 0 Å². The van der Waals surface area contributed by atoms with Crippen LogP contribution in [0.5, 0.6) is 0 Å². The molecule has 0 saturated carbocycles. The van der Waals surface area contributed by atoms with Gasteiger partial charge in [-0.1, -0.05) is 60.7 Å². The average molecular weight is 279 g/mol.